The average Bonchev–Trinajstić information content (AvgIpc) is 2.60. The lowest BCUT2D eigenvalue weighted by Gasteiger charge is -2.43. The second-order valence-corrected chi connectivity index (χ2v) is 7.72. The third-order valence-electron chi connectivity index (χ3n) is 6.06. The lowest BCUT2D eigenvalue weighted by molar-refractivity contribution is -0.130. The molecule has 0 spiro atoms. The van der Waals surface area contributed by atoms with Crippen molar-refractivity contribution in [1.29, 1.82) is 0 Å². The number of ether oxygens (including phenoxy) is 1. The number of amides is 2. The molecule has 2 unspecified atom stereocenters. The fourth-order valence-corrected chi connectivity index (χ4v) is 4.56. The summed E-state index contributed by atoms with van der Waals surface area (Å²) in [4.78, 5) is 26.6. The van der Waals surface area contributed by atoms with E-state index in [0.29, 0.717) is 18.4 Å². The number of carbonyl (C=O) groups excluding carboxylic acids is 2. The zero-order valence-corrected chi connectivity index (χ0v) is 17.5. The van der Waals surface area contributed by atoms with Crippen LogP contribution in [0.4, 0.5) is 0 Å². The number of nitrogens with zero attached hydrogens (tertiary/aromatic N) is 1. The molecular formula is C18H34Cl2N4O3. The summed E-state index contributed by atoms with van der Waals surface area (Å²) in [5, 5.41) is 5.70. The van der Waals surface area contributed by atoms with E-state index in [1.54, 1.807) is 0 Å². The summed E-state index contributed by atoms with van der Waals surface area (Å²) >= 11 is 0. The third kappa shape index (κ3) is 7.06. The minimum absolute atomic E-state index is 0. The lowest BCUT2D eigenvalue weighted by Crippen LogP contribution is -2.50. The molecule has 3 fully saturated rings. The molecule has 3 aliphatic rings. The van der Waals surface area contributed by atoms with Gasteiger partial charge in [0.2, 0.25) is 11.8 Å². The first-order chi connectivity index (χ1) is 12.1. The molecule has 9 heteroatoms. The van der Waals surface area contributed by atoms with Gasteiger partial charge in [-0.05, 0) is 37.5 Å². The molecule has 2 atom stereocenters. The van der Waals surface area contributed by atoms with Crippen LogP contribution in [-0.2, 0) is 14.3 Å². The van der Waals surface area contributed by atoms with Gasteiger partial charge < -0.3 is 21.1 Å². The summed E-state index contributed by atoms with van der Waals surface area (Å²) in [6.45, 7) is 4.86. The Hall–Kier alpha value is -0.600. The second-order valence-electron chi connectivity index (χ2n) is 7.72. The smallest absolute Gasteiger partial charge is 0.239 e. The molecule has 1 heterocycles. The van der Waals surface area contributed by atoms with Crippen LogP contribution < -0.4 is 16.4 Å². The van der Waals surface area contributed by atoms with Crippen LogP contribution in [0, 0.1) is 17.8 Å². The molecule has 7 nitrogen and oxygen atoms in total. The van der Waals surface area contributed by atoms with E-state index >= 15 is 0 Å². The SMILES string of the molecule is Cl.Cl.NC1C2CCCC1CC(C(=O)NCC(=O)NCCN1CCOCC1)C2. The van der Waals surface area contributed by atoms with Crippen LogP contribution in [0.25, 0.3) is 0 Å². The van der Waals surface area contributed by atoms with Gasteiger partial charge in [-0.2, -0.15) is 0 Å². The van der Waals surface area contributed by atoms with E-state index in [1.165, 1.54) is 6.42 Å². The quantitative estimate of drug-likeness (QED) is 0.578. The van der Waals surface area contributed by atoms with Crippen molar-refractivity contribution in [2.75, 3.05) is 45.9 Å². The van der Waals surface area contributed by atoms with Crippen LogP contribution in [0.2, 0.25) is 0 Å². The van der Waals surface area contributed by atoms with E-state index in [2.05, 4.69) is 15.5 Å². The molecule has 3 rings (SSSR count). The van der Waals surface area contributed by atoms with Crippen LogP contribution >= 0.6 is 24.8 Å². The van der Waals surface area contributed by atoms with Crippen molar-refractivity contribution < 1.29 is 14.3 Å². The van der Waals surface area contributed by atoms with Gasteiger partial charge in [0.15, 0.2) is 0 Å². The monoisotopic (exact) mass is 424 g/mol. The summed E-state index contributed by atoms with van der Waals surface area (Å²) in [5.41, 5.74) is 6.28. The number of hydrogen-bond donors (Lipinski definition) is 3. The predicted octanol–water partition coefficient (Wildman–Crippen LogP) is 0.548. The largest absolute Gasteiger partial charge is 0.379 e. The Kier molecular flexibility index (Phi) is 10.9. The average molecular weight is 425 g/mol. The van der Waals surface area contributed by atoms with Gasteiger partial charge in [-0.25, -0.2) is 0 Å². The summed E-state index contributed by atoms with van der Waals surface area (Å²) in [7, 11) is 0. The van der Waals surface area contributed by atoms with Gasteiger partial charge in [0.05, 0.1) is 19.8 Å². The molecule has 27 heavy (non-hydrogen) atoms. The number of nitrogens with one attached hydrogen (secondary N) is 2. The standard InChI is InChI=1S/C18H32N4O3.2ClH/c19-17-13-2-1-3-14(17)11-15(10-13)18(24)21-12-16(23)20-4-5-22-6-8-25-9-7-22;;/h13-15,17H,1-12,19H2,(H,20,23)(H,21,24);2*1H. The molecule has 158 valence electrons. The van der Waals surface area contributed by atoms with Gasteiger partial charge in [0.25, 0.3) is 0 Å². The molecule has 2 aliphatic carbocycles. The summed E-state index contributed by atoms with van der Waals surface area (Å²) in [5.74, 6) is 0.883. The first-order valence-corrected chi connectivity index (χ1v) is 9.73. The Balaban J connectivity index is 0.00000182. The fourth-order valence-electron chi connectivity index (χ4n) is 4.56. The number of halogens is 2. The number of carbonyl (C=O) groups is 2. The van der Waals surface area contributed by atoms with E-state index < -0.39 is 0 Å². The van der Waals surface area contributed by atoms with Crippen molar-refractivity contribution in [3.8, 4) is 0 Å². The minimum atomic E-state index is -0.116. The van der Waals surface area contributed by atoms with Crippen molar-refractivity contribution in [1.82, 2.24) is 15.5 Å². The molecule has 4 N–H and O–H groups in total. The molecule has 0 aromatic carbocycles. The summed E-state index contributed by atoms with van der Waals surface area (Å²) in [6, 6.07) is 0.265. The zero-order chi connectivity index (χ0) is 17.6. The molecule has 2 bridgehead atoms. The summed E-state index contributed by atoms with van der Waals surface area (Å²) < 4.78 is 5.30. The van der Waals surface area contributed by atoms with Crippen molar-refractivity contribution in [3.63, 3.8) is 0 Å². The Morgan fingerprint density at radius 3 is 2.30 bits per heavy atom. The first kappa shape index (κ1) is 24.4. The molecule has 0 aromatic heterocycles. The van der Waals surface area contributed by atoms with Crippen LogP contribution in [-0.4, -0.2) is 68.7 Å². The molecule has 2 saturated carbocycles. The predicted molar refractivity (Wildman–Crippen MR) is 109 cm³/mol. The maximum Gasteiger partial charge on any atom is 0.239 e. The normalized spacial score (nSPS) is 30.4. The van der Waals surface area contributed by atoms with Gasteiger partial charge >= 0.3 is 0 Å². The Bertz CT molecular complexity index is 464. The Morgan fingerprint density at radius 2 is 1.67 bits per heavy atom. The van der Waals surface area contributed by atoms with Crippen molar-refractivity contribution in [2.45, 2.75) is 38.1 Å². The van der Waals surface area contributed by atoms with Crippen LogP contribution in [0.3, 0.4) is 0 Å². The zero-order valence-electron chi connectivity index (χ0n) is 15.9. The minimum Gasteiger partial charge on any atom is -0.379 e. The Labute approximate surface area is 174 Å². The molecular weight excluding hydrogens is 391 g/mol. The van der Waals surface area contributed by atoms with Crippen molar-refractivity contribution in [2.24, 2.45) is 23.5 Å². The van der Waals surface area contributed by atoms with Crippen LogP contribution in [0.15, 0.2) is 0 Å². The highest BCUT2D eigenvalue weighted by Crippen LogP contribution is 2.41. The van der Waals surface area contributed by atoms with E-state index in [-0.39, 0.29) is 55.1 Å². The van der Waals surface area contributed by atoms with Gasteiger partial charge in [-0.1, -0.05) is 6.42 Å². The van der Waals surface area contributed by atoms with Crippen molar-refractivity contribution in [3.05, 3.63) is 0 Å². The first-order valence-electron chi connectivity index (χ1n) is 9.73. The van der Waals surface area contributed by atoms with Crippen LogP contribution in [0.1, 0.15) is 32.1 Å². The second kappa shape index (κ2) is 12.1. The van der Waals surface area contributed by atoms with Gasteiger partial charge in [0.1, 0.15) is 0 Å². The number of fused-ring (bicyclic) bond motifs is 2. The number of hydrogen-bond acceptors (Lipinski definition) is 5. The van der Waals surface area contributed by atoms with Crippen LogP contribution in [0.5, 0.6) is 0 Å². The van der Waals surface area contributed by atoms with E-state index in [1.807, 2.05) is 0 Å². The number of morpholine rings is 1. The summed E-state index contributed by atoms with van der Waals surface area (Å²) in [6.07, 6.45) is 5.28. The molecule has 0 radical (unpaired) electrons. The number of rotatable bonds is 6. The van der Waals surface area contributed by atoms with Crippen molar-refractivity contribution >= 4 is 36.6 Å². The van der Waals surface area contributed by atoms with Gasteiger partial charge in [-0.15, -0.1) is 24.8 Å². The molecule has 0 aromatic rings. The third-order valence-corrected chi connectivity index (χ3v) is 6.06. The number of nitrogens with two attached hydrogens (primary N) is 1. The highest BCUT2D eigenvalue weighted by Gasteiger charge is 2.40. The van der Waals surface area contributed by atoms with E-state index in [9.17, 15) is 9.59 Å². The van der Waals surface area contributed by atoms with E-state index in [4.69, 9.17) is 10.5 Å². The highest BCUT2D eigenvalue weighted by molar-refractivity contribution is 5.86. The molecule has 1 saturated heterocycles. The fraction of sp³-hybridized carbons (Fsp3) is 0.889. The maximum atomic E-state index is 12.4. The van der Waals surface area contributed by atoms with Gasteiger partial charge in [-0.3, -0.25) is 14.5 Å². The molecule has 1 aliphatic heterocycles. The topological polar surface area (TPSA) is 96.7 Å². The van der Waals surface area contributed by atoms with Gasteiger partial charge in [0, 0.05) is 38.1 Å². The Morgan fingerprint density at radius 1 is 1.04 bits per heavy atom. The lowest BCUT2D eigenvalue weighted by atomic mass is 9.65. The highest BCUT2D eigenvalue weighted by atomic mass is 35.5. The molecule has 2 amide bonds. The van der Waals surface area contributed by atoms with E-state index in [0.717, 1.165) is 58.5 Å². The maximum absolute atomic E-state index is 12.4.